The van der Waals surface area contributed by atoms with Crippen LogP contribution in [0.4, 0.5) is 0 Å². The van der Waals surface area contributed by atoms with Gasteiger partial charge in [-0.3, -0.25) is 14.4 Å². The molecule has 3 atom stereocenters. The van der Waals surface area contributed by atoms with Crippen LogP contribution in [0.15, 0.2) is 0 Å². The van der Waals surface area contributed by atoms with E-state index < -0.39 is 41.8 Å². The van der Waals surface area contributed by atoms with E-state index in [1.807, 2.05) is 27.7 Å². The first-order chi connectivity index (χ1) is 12.5. The number of carbonyl (C=O) groups is 4. The van der Waals surface area contributed by atoms with E-state index in [1.54, 1.807) is 0 Å². The Kier molecular flexibility index (Phi) is 11.7. The van der Waals surface area contributed by atoms with Crippen LogP contribution in [0.2, 0.25) is 0 Å². The van der Waals surface area contributed by atoms with Gasteiger partial charge < -0.3 is 26.8 Å². The minimum atomic E-state index is -1.21. The summed E-state index contributed by atoms with van der Waals surface area (Å²) in [4.78, 5) is 47.8. The number of nitrogens with one attached hydrogen (secondary N) is 3. The molecule has 0 aromatic carbocycles. The van der Waals surface area contributed by atoms with E-state index in [0.29, 0.717) is 12.8 Å². The maximum atomic E-state index is 12.6. The van der Waals surface area contributed by atoms with E-state index >= 15 is 0 Å². The third-order valence-corrected chi connectivity index (χ3v) is 4.05. The first-order valence-corrected chi connectivity index (χ1v) is 9.58. The van der Waals surface area contributed by atoms with Gasteiger partial charge >= 0.3 is 5.97 Å². The molecule has 10 heteroatoms. The number of thiol groups is 1. The maximum absolute atomic E-state index is 12.6. The van der Waals surface area contributed by atoms with Crippen LogP contribution in [0.3, 0.4) is 0 Å². The molecular weight excluding hydrogens is 372 g/mol. The van der Waals surface area contributed by atoms with Gasteiger partial charge in [-0.25, -0.2) is 4.79 Å². The lowest BCUT2D eigenvalue weighted by Gasteiger charge is -2.26. The SMILES string of the molecule is CC(C)CC(NC(=O)CN)C(=O)NC(CC(C)C)C(=O)NC(CS)C(=O)O. The highest BCUT2D eigenvalue weighted by Crippen LogP contribution is 2.09. The minimum absolute atomic E-state index is 0.0718. The van der Waals surface area contributed by atoms with Crippen molar-refractivity contribution < 1.29 is 24.3 Å². The summed E-state index contributed by atoms with van der Waals surface area (Å²) in [5.41, 5.74) is 5.29. The molecule has 27 heavy (non-hydrogen) atoms. The summed E-state index contributed by atoms with van der Waals surface area (Å²) < 4.78 is 0. The maximum Gasteiger partial charge on any atom is 0.327 e. The summed E-state index contributed by atoms with van der Waals surface area (Å²) in [6.07, 6.45) is 0.692. The fraction of sp³-hybridized carbons (Fsp3) is 0.765. The Balaban J connectivity index is 5.26. The van der Waals surface area contributed by atoms with Crippen LogP contribution in [0.1, 0.15) is 40.5 Å². The third-order valence-electron chi connectivity index (χ3n) is 3.68. The summed E-state index contributed by atoms with van der Waals surface area (Å²) in [6.45, 7) is 7.30. The zero-order valence-electron chi connectivity index (χ0n) is 16.3. The lowest BCUT2D eigenvalue weighted by Crippen LogP contribution is -2.57. The Labute approximate surface area is 165 Å². The van der Waals surface area contributed by atoms with Crippen molar-refractivity contribution in [1.82, 2.24) is 16.0 Å². The molecule has 0 saturated heterocycles. The van der Waals surface area contributed by atoms with Gasteiger partial charge in [-0.1, -0.05) is 27.7 Å². The van der Waals surface area contributed by atoms with Crippen molar-refractivity contribution in [1.29, 1.82) is 0 Å². The van der Waals surface area contributed by atoms with E-state index in [-0.39, 0.29) is 24.1 Å². The van der Waals surface area contributed by atoms with Crippen molar-refractivity contribution in [2.75, 3.05) is 12.3 Å². The molecule has 0 bridgehead atoms. The minimum Gasteiger partial charge on any atom is -0.480 e. The van der Waals surface area contributed by atoms with Gasteiger partial charge in [0, 0.05) is 5.75 Å². The molecule has 0 spiro atoms. The van der Waals surface area contributed by atoms with Crippen LogP contribution in [-0.4, -0.2) is 59.2 Å². The summed E-state index contributed by atoms with van der Waals surface area (Å²) in [5.74, 6) is -2.68. The van der Waals surface area contributed by atoms with Crippen LogP contribution >= 0.6 is 12.6 Å². The number of hydrogen-bond donors (Lipinski definition) is 6. The number of rotatable bonds is 12. The second-order valence-corrected chi connectivity index (χ2v) is 7.59. The molecule has 0 aliphatic rings. The number of hydrogen-bond acceptors (Lipinski definition) is 6. The highest BCUT2D eigenvalue weighted by Gasteiger charge is 2.29. The molecule has 0 aliphatic carbocycles. The Morgan fingerprint density at radius 2 is 1.26 bits per heavy atom. The molecule has 0 saturated carbocycles. The Morgan fingerprint density at radius 1 is 0.852 bits per heavy atom. The fourth-order valence-corrected chi connectivity index (χ4v) is 2.64. The van der Waals surface area contributed by atoms with E-state index in [2.05, 4.69) is 28.6 Å². The van der Waals surface area contributed by atoms with E-state index in [0.717, 1.165) is 0 Å². The monoisotopic (exact) mass is 404 g/mol. The van der Waals surface area contributed by atoms with Gasteiger partial charge in [-0.05, 0) is 24.7 Å². The molecular formula is C17H32N4O5S. The first-order valence-electron chi connectivity index (χ1n) is 8.95. The van der Waals surface area contributed by atoms with Gasteiger partial charge in [0.2, 0.25) is 17.7 Å². The van der Waals surface area contributed by atoms with E-state index in [4.69, 9.17) is 10.8 Å². The quantitative estimate of drug-likeness (QED) is 0.242. The topological polar surface area (TPSA) is 151 Å². The molecule has 3 unspecified atom stereocenters. The summed E-state index contributed by atoms with van der Waals surface area (Å²) in [7, 11) is 0. The number of nitrogens with two attached hydrogens (primary N) is 1. The summed E-state index contributed by atoms with van der Waals surface area (Å²) in [5, 5.41) is 16.6. The number of carboxylic acid groups (broad SMARTS) is 1. The van der Waals surface area contributed by atoms with E-state index in [9.17, 15) is 19.2 Å². The van der Waals surface area contributed by atoms with Crippen molar-refractivity contribution in [2.24, 2.45) is 17.6 Å². The average molecular weight is 405 g/mol. The third kappa shape index (κ3) is 10.2. The first kappa shape index (κ1) is 25.2. The van der Waals surface area contributed by atoms with Crippen molar-refractivity contribution in [2.45, 2.75) is 58.7 Å². The molecule has 0 heterocycles. The lowest BCUT2D eigenvalue weighted by atomic mass is 10.00. The highest BCUT2D eigenvalue weighted by atomic mass is 32.1. The predicted octanol–water partition coefficient (Wildman–Crippen LogP) is -0.494. The van der Waals surface area contributed by atoms with Crippen LogP contribution in [0, 0.1) is 11.8 Å². The van der Waals surface area contributed by atoms with Crippen LogP contribution in [0.5, 0.6) is 0 Å². The van der Waals surface area contributed by atoms with Gasteiger partial charge in [0.1, 0.15) is 18.1 Å². The standard InChI is InChI=1S/C17H32N4O5S/c1-9(2)5-11(19-14(22)7-18)15(23)20-12(6-10(3)4)16(24)21-13(8-27)17(25)26/h9-13,27H,5-8,18H2,1-4H3,(H,19,22)(H,20,23)(H,21,24)(H,25,26). The Morgan fingerprint density at radius 3 is 1.59 bits per heavy atom. The average Bonchev–Trinajstić information content (AvgIpc) is 2.56. The molecule has 0 aromatic heterocycles. The molecule has 6 N–H and O–H groups in total. The van der Waals surface area contributed by atoms with Gasteiger partial charge in [0.15, 0.2) is 0 Å². The Hall–Kier alpha value is -1.81. The van der Waals surface area contributed by atoms with Gasteiger partial charge in [0.05, 0.1) is 6.54 Å². The summed E-state index contributed by atoms with van der Waals surface area (Å²) >= 11 is 3.91. The number of aliphatic carboxylic acids is 1. The van der Waals surface area contributed by atoms with Gasteiger partial charge in [-0.2, -0.15) is 12.6 Å². The Bertz CT molecular complexity index is 527. The largest absolute Gasteiger partial charge is 0.480 e. The summed E-state index contributed by atoms with van der Waals surface area (Å²) in [6, 6.07) is -2.91. The lowest BCUT2D eigenvalue weighted by molar-refractivity contribution is -0.141. The van der Waals surface area contributed by atoms with Crippen molar-refractivity contribution in [3.63, 3.8) is 0 Å². The molecule has 156 valence electrons. The van der Waals surface area contributed by atoms with Gasteiger partial charge in [-0.15, -0.1) is 0 Å². The second kappa shape index (κ2) is 12.6. The number of carbonyl (C=O) groups excluding carboxylic acids is 3. The van der Waals surface area contributed by atoms with Crippen LogP contribution in [-0.2, 0) is 19.2 Å². The normalized spacial score (nSPS) is 14.4. The number of carboxylic acids is 1. The molecule has 9 nitrogen and oxygen atoms in total. The zero-order valence-corrected chi connectivity index (χ0v) is 17.2. The zero-order chi connectivity index (χ0) is 21.1. The van der Waals surface area contributed by atoms with Crippen molar-refractivity contribution >= 4 is 36.3 Å². The molecule has 0 radical (unpaired) electrons. The fourth-order valence-electron chi connectivity index (χ4n) is 2.39. The molecule has 0 fully saturated rings. The predicted molar refractivity (Wildman–Crippen MR) is 105 cm³/mol. The molecule has 3 amide bonds. The van der Waals surface area contributed by atoms with Gasteiger partial charge in [0.25, 0.3) is 0 Å². The van der Waals surface area contributed by atoms with Crippen molar-refractivity contribution in [3.8, 4) is 0 Å². The number of amides is 3. The highest BCUT2D eigenvalue weighted by molar-refractivity contribution is 7.80. The van der Waals surface area contributed by atoms with Crippen LogP contribution < -0.4 is 21.7 Å². The van der Waals surface area contributed by atoms with E-state index in [1.165, 1.54) is 0 Å². The smallest absolute Gasteiger partial charge is 0.327 e. The second-order valence-electron chi connectivity index (χ2n) is 7.23. The molecule has 0 aliphatic heterocycles. The van der Waals surface area contributed by atoms with Crippen LogP contribution in [0.25, 0.3) is 0 Å². The molecule has 0 rings (SSSR count). The van der Waals surface area contributed by atoms with Crippen molar-refractivity contribution in [3.05, 3.63) is 0 Å². The molecule has 0 aromatic rings.